The quantitative estimate of drug-likeness (QED) is 0.891. The zero-order valence-corrected chi connectivity index (χ0v) is 13.9. The summed E-state index contributed by atoms with van der Waals surface area (Å²) in [6.07, 6.45) is 2.96. The van der Waals surface area contributed by atoms with Crippen molar-refractivity contribution in [2.24, 2.45) is 0 Å². The van der Waals surface area contributed by atoms with Crippen molar-refractivity contribution in [1.29, 1.82) is 0 Å². The van der Waals surface area contributed by atoms with Crippen LogP contribution < -0.4 is 5.32 Å². The molecular formula is C16H23FN2O3S. The van der Waals surface area contributed by atoms with Crippen molar-refractivity contribution in [2.45, 2.75) is 37.8 Å². The summed E-state index contributed by atoms with van der Waals surface area (Å²) in [5.74, 6) is -0.195. The summed E-state index contributed by atoms with van der Waals surface area (Å²) >= 11 is 0. The summed E-state index contributed by atoms with van der Waals surface area (Å²) in [7, 11) is -3.26. The summed E-state index contributed by atoms with van der Waals surface area (Å²) in [5.41, 5.74) is 0.480. The van der Waals surface area contributed by atoms with E-state index in [-0.39, 0.29) is 23.7 Å². The third-order valence-corrected chi connectivity index (χ3v) is 6.45. The number of rotatable bonds is 5. The van der Waals surface area contributed by atoms with Gasteiger partial charge in [0.2, 0.25) is 10.0 Å². The van der Waals surface area contributed by atoms with E-state index in [1.54, 1.807) is 22.5 Å². The molecule has 0 spiro atoms. The van der Waals surface area contributed by atoms with Crippen LogP contribution in [0.2, 0.25) is 0 Å². The fourth-order valence-electron chi connectivity index (χ4n) is 3.19. The molecule has 7 heteroatoms. The number of ether oxygens (including phenoxy) is 1. The predicted molar refractivity (Wildman–Crippen MR) is 87.4 cm³/mol. The minimum Gasteiger partial charge on any atom is -0.380 e. The van der Waals surface area contributed by atoms with Gasteiger partial charge in [0, 0.05) is 25.7 Å². The van der Waals surface area contributed by atoms with Crippen LogP contribution in [-0.2, 0) is 14.8 Å². The largest absolute Gasteiger partial charge is 0.380 e. The van der Waals surface area contributed by atoms with Crippen molar-refractivity contribution < 1.29 is 17.5 Å². The number of nitrogens with zero attached hydrogens (tertiary/aromatic N) is 1. The molecule has 2 aliphatic rings. The molecular weight excluding hydrogens is 319 g/mol. The van der Waals surface area contributed by atoms with Crippen molar-refractivity contribution in [3.63, 3.8) is 0 Å². The fourth-order valence-corrected chi connectivity index (χ4v) is 4.90. The van der Waals surface area contributed by atoms with Crippen molar-refractivity contribution >= 4 is 15.7 Å². The molecule has 0 bridgehead atoms. The minimum atomic E-state index is -3.26. The van der Waals surface area contributed by atoms with Gasteiger partial charge in [0.1, 0.15) is 5.82 Å². The first-order valence-corrected chi connectivity index (χ1v) is 9.76. The van der Waals surface area contributed by atoms with E-state index in [2.05, 4.69) is 5.32 Å². The van der Waals surface area contributed by atoms with Gasteiger partial charge in [-0.1, -0.05) is 12.1 Å². The van der Waals surface area contributed by atoms with E-state index in [4.69, 9.17) is 4.74 Å². The maximum atomic E-state index is 13.7. The smallest absolute Gasteiger partial charge is 0.216 e. The Morgan fingerprint density at radius 2 is 1.96 bits per heavy atom. The van der Waals surface area contributed by atoms with Gasteiger partial charge >= 0.3 is 0 Å². The lowest BCUT2D eigenvalue weighted by molar-refractivity contribution is 0.126. The molecule has 23 heavy (non-hydrogen) atoms. The lowest BCUT2D eigenvalue weighted by Crippen LogP contribution is -2.44. The Balaban J connectivity index is 1.52. The monoisotopic (exact) mass is 342 g/mol. The van der Waals surface area contributed by atoms with Crippen LogP contribution >= 0.6 is 0 Å². The number of hydrogen-bond donors (Lipinski definition) is 1. The van der Waals surface area contributed by atoms with Crippen LogP contribution in [0.1, 0.15) is 25.7 Å². The molecule has 0 unspecified atom stereocenters. The molecule has 3 rings (SSSR count). The standard InChI is InChI=1S/C16H23FN2O3S/c17-15-5-1-2-6-16(15)18-13-7-9-19(10-8-13)23(20,21)12-14-4-3-11-22-14/h1-2,5-6,13-14,18H,3-4,7-12H2/t14-/m0/s1. The predicted octanol–water partition coefficient (Wildman–Crippen LogP) is 2.21. The summed E-state index contributed by atoms with van der Waals surface area (Å²) < 4.78 is 45.5. The average Bonchev–Trinajstić information content (AvgIpc) is 3.02. The summed E-state index contributed by atoms with van der Waals surface area (Å²) in [6, 6.07) is 6.66. The van der Waals surface area contributed by atoms with E-state index in [1.807, 2.05) is 0 Å². The van der Waals surface area contributed by atoms with Gasteiger partial charge in [-0.2, -0.15) is 0 Å². The van der Waals surface area contributed by atoms with Crippen LogP contribution in [0.5, 0.6) is 0 Å². The molecule has 2 saturated heterocycles. The maximum Gasteiger partial charge on any atom is 0.216 e. The molecule has 1 N–H and O–H groups in total. The number of para-hydroxylation sites is 1. The number of sulfonamides is 1. The normalized spacial score (nSPS) is 24.0. The number of piperidine rings is 1. The van der Waals surface area contributed by atoms with Crippen LogP contribution in [-0.4, -0.2) is 50.3 Å². The molecule has 0 aromatic heterocycles. The lowest BCUT2D eigenvalue weighted by Gasteiger charge is -2.32. The van der Waals surface area contributed by atoms with Crippen molar-refractivity contribution in [1.82, 2.24) is 4.31 Å². The van der Waals surface area contributed by atoms with Crippen molar-refractivity contribution in [3.8, 4) is 0 Å². The molecule has 2 heterocycles. The number of anilines is 1. The van der Waals surface area contributed by atoms with Crippen molar-refractivity contribution in [2.75, 3.05) is 30.8 Å². The molecule has 128 valence electrons. The Morgan fingerprint density at radius 3 is 2.61 bits per heavy atom. The third kappa shape index (κ3) is 4.22. The van der Waals surface area contributed by atoms with Gasteiger partial charge in [-0.3, -0.25) is 0 Å². The highest BCUT2D eigenvalue weighted by Gasteiger charge is 2.31. The van der Waals surface area contributed by atoms with Gasteiger partial charge in [0.25, 0.3) is 0 Å². The maximum absolute atomic E-state index is 13.7. The molecule has 1 aromatic carbocycles. The van der Waals surface area contributed by atoms with E-state index < -0.39 is 10.0 Å². The lowest BCUT2D eigenvalue weighted by atomic mass is 10.1. The third-order valence-electron chi connectivity index (χ3n) is 4.50. The Morgan fingerprint density at radius 1 is 1.22 bits per heavy atom. The first kappa shape index (κ1) is 16.7. The number of nitrogens with one attached hydrogen (secondary N) is 1. The first-order valence-electron chi connectivity index (χ1n) is 8.15. The molecule has 5 nitrogen and oxygen atoms in total. The number of halogens is 1. The summed E-state index contributed by atoms with van der Waals surface area (Å²) in [5, 5.41) is 3.17. The van der Waals surface area contributed by atoms with E-state index >= 15 is 0 Å². The van der Waals surface area contributed by atoms with E-state index in [1.165, 1.54) is 6.07 Å². The van der Waals surface area contributed by atoms with Gasteiger partial charge in [0.15, 0.2) is 0 Å². The Labute approximate surface area is 136 Å². The number of benzene rings is 1. The second kappa shape index (κ2) is 7.15. The second-order valence-electron chi connectivity index (χ2n) is 6.21. The molecule has 0 saturated carbocycles. The SMILES string of the molecule is O=S(=O)(C[C@@H]1CCCO1)N1CCC(Nc2ccccc2F)CC1. The first-order chi connectivity index (χ1) is 11.0. The summed E-state index contributed by atoms with van der Waals surface area (Å²) in [6.45, 7) is 1.61. The zero-order valence-electron chi connectivity index (χ0n) is 13.1. The van der Waals surface area contributed by atoms with Gasteiger partial charge in [-0.25, -0.2) is 17.1 Å². The van der Waals surface area contributed by atoms with Crippen LogP contribution in [0, 0.1) is 5.82 Å². The van der Waals surface area contributed by atoms with Gasteiger partial charge in [0.05, 0.1) is 17.5 Å². The molecule has 0 aliphatic carbocycles. The van der Waals surface area contributed by atoms with Crippen molar-refractivity contribution in [3.05, 3.63) is 30.1 Å². The topological polar surface area (TPSA) is 58.6 Å². The Bertz CT molecular complexity index is 624. The van der Waals surface area contributed by atoms with Crippen LogP contribution in [0.3, 0.4) is 0 Å². The molecule has 2 aliphatic heterocycles. The average molecular weight is 342 g/mol. The van der Waals surface area contributed by atoms with E-state index in [0.717, 1.165) is 12.8 Å². The fraction of sp³-hybridized carbons (Fsp3) is 0.625. The Hall–Kier alpha value is -1.18. The van der Waals surface area contributed by atoms with E-state index in [9.17, 15) is 12.8 Å². The van der Waals surface area contributed by atoms with Crippen LogP contribution in [0.25, 0.3) is 0 Å². The molecule has 1 atom stereocenters. The van der Waals surface area contributed by atoms with Crippen LogP contribution in [0.4, 0.5) is 10.1 Å². The highest BCUT2D eigenvalue weighted by atomic mass is 32.2. The van der Waals surface area contributed by atoms with Gasteiger partial charge in [-0.15, -0.1) is 0 Å². The zero-order chi connectivity index (χ0) is 16.3. The molecule has 2 fully saturated rings. The molecule has 0 amide bonds. The summed E-state index contributed by atoms with van der Waals surface area (Å²) in [4.78, 5) is 0. The van der Waals surface area contributed by atoms with E-state index in [0.29, 0.717) is 38.2 Å². The van der Waals surface area contributed by atoms with Gasteiger partial charge in [-0.05, 0) is 37.8 Å². The van der Waals surface area contributed by atoms with Gasteiger partial charge < -0.3 is 10.1 Å². The molecule has 0 radical (unpaired) electrons. The number of hydrogen-bond acceptors (Lipinski definition) is 4. The second-order valence-corrected chi connectivity index (χ2v) is 8.22. The van der Waals surface area contributed by atoms with Crippen LogP contribution in [0.15, 0.2) is 24.3 Å². The minimum absolute atomic E-state index is 0.0818. The highest BCUT2D eigenvalue weighted by Crippen LogP contribution is 2.22. The highest BCUT2D eigenvalue weighted by molar-refractivity contribution is 7.89. The molecule has 1 aromatic rings. The Kier molecular flexibility index (Phi) is 5.18.